The summed E-state index contributed by atoms with van der Waals surface area (Å²) in [7, 11) is 1.84. The van der Waals surface area contributed by atoms with Gasteiger partial charge >= 0.3 is 0 Å². The average molecular weight is 331 g/mol. The van der Waals surface area contributed by atoms with Crippen LogP contribution in [-0.2, 0) is 0 Å². The molecule has 0 radical (unpaired) electrons. The van der Waals surface area contributed by atoms with Crippen molar-refractivity contribution in [2.45, 2.75) is 13.0 Å². The van der Waals surface area contributed by atoms with Crippen molar-refractivity contribution in [3.05, 3.63) is 35.1 Å². The Morgan fingerprint density at radius 2 is 2.24 bits per heavy atom. The zero-order chi connectivity index (χ0) is 14.5. The standard InChI is InChI=1S/C12H15ClN6O.ClH/c1-8(14-2)6-15-12(20)10-4-3-9(5-11(10)13)19-7-16-17-18-19;/h3-5,7-8,14H,6H2,1-2H3,(H,15,20);1H. The van der Waals surface area contributed by atoms with Crippen LogP contribution in [0, 0.1) is 0 Å². The number of nitrogens with zero attached hydrogens (tertiary/aromatic N) is 4. The molecule has 1 unspecified atom stereocenters. The molecule has 0 saturated heterocycles. The Morgan fingerprint density at radius 3 is 2.81 bits per heavy atom. The van der Waals surface area contributed by atoms with Gasteiger partial charge in [0.2, 0.25) is 0 Å². The zero-order valence-electron chi connectivity index (χ0n) is 11.6. The summed E-state index contributed by atoms with van der Waals surface area (Å²) < 4.78 is 1.47. The van der Waals surface area contributed by atoms with Gasteiger partial charge in [0, 0.05) is 12.6 Å². The monoisotopic (exact) mass is 330 g/mol. The van der Waals surface area contributed by atoms with Crippen molar-refractivity contribution in [1.82, 2.24) is 30.8 Å². The van der Waals surface area contributed by atoms with Gasteiger partial charge in [-0.1, -0.05) is 11.6 Å². The Balaban J connectivity index is 0.00000220. The maximum Gasteiger partial charge on any atom is 0.252 e. The molecule has 0 bridgehead atoms. The largest absolute Gasteiger partial charge is 0.350 e. The second kappa shape index (κ2) is 7.92. The number of hydrogen-bond donors (Lipinski definition) is 2. The van der Waals surface area contributed by atoms with Gasteiger partial charge in [0.05, 0.1) is 16.3 Å². The number of amides is 1. The van der Waals surface area contributed by atoms with Crippen LogP contribution in [0.1, 0.15) is 17.3 Å². The van der Waals surface area contributed by atoms with Gasteiger partial charge in [0.25, 0.3) is 5.91 Å². The van der Waals surface area contributed by atoms with E-state index in [9.17, 15) is 4.79 Å². The number of rotatable bonds is 5. The van der Waals surface area contributed by atoms with Crippen LogP contribution < -0.4 is 10.6 Å². The molecule has 21 heavy (non-hydrogen) atoms. The van der Waals surface area contributed by atoms with Crippen molar-refractivity contribution in [2.75, 3.05) is 13.6 Å². The number of tetrazole rings is 1. The van der Waals surface area contributed by atoms with E-state index in [0.29, 0.717) is 22.8 Å². The van der Waals surface area contributed by atoms with Crippen LogP contribution in [0.15, 0.2) is 24.5 Å². The van der Waals surface area contributed by atoms with Gasteiger partial charge in [-0.15, -0.1) is 17.5 Å². The summed E-state index contributed by atoms with van der Waals surface area (Å²) >= 11 is 6.13. The number of halogens is 2. The first kappa shape index (κ1) is 17.4. The quantitative estimate of drug-likeness (QED) is 0.856. The first-order chi connectivity index (χ1) is 9.61. The van der Waals surface area contributed by atoms with Gasteiger partial charge in [-0.2, -0.15) is 0 Å². The number of aromatic nitrogens is 4. The van der Waals surface area contributed by atoms with Crippen molar-refractivity contribution >= 4 is 29.9 Å². The van der Waals surface area contributed by atoms with Crippen molar-refractivity contribution in [3.8, 4) is 5.69 Å². The maximum atomic E-state index is 12.0. The number of nitrogens with one attached hydrogen (secondary N) is 2. The molecular formula is C12H16Cl2N6O. The molecule has 0 aliphatic rings. The lowest BCUT2D eigenvalue weighted by atomic mass is 10.2. The van der Waals surface area contributed by atoms with Crippen molar-refractivity contribution in [1.29, 1.82) is 0 Å². The Labute approximate surface area is 133 Å². The third-order valence-corrected chi connectivity index (χ3v) is 3.19. The summed E-state index contributed by atoms with van der Waals surface area (Å²) in [5, 5.41) is 17.1. The van der Waals surface area contributed by atoms with Gasteiger partial charge in [0.15, 0.2) is 0 Å². The lowest BCUT2D eigenvalue weighted by Crippen LogP contribution is -2.37. The van der Waals surface area contributed by atoms with Crippen LogP contribution >= 0.6 is 24.0 Å². The lowest BCUT2D eigenvalue weighted by molar-refractivity contribution is 0.0950. The van der Waals surface area contributed by atoms with Gasteiger partial charge in [-0.25, -0.2) is 4.68 Å². The molecule has 0 saturated carbocycles. The molecule has 0 spiro atoms. The van der Waals surface area contributed by atoms with Gasteiger partial charge in [-0.05, 0) is 42.6 Å². The van der Waals surface area contributed by atoms with Crippen LogP contribution in [0.3, 0.4) is 0 Å². The second-order valence-corrected chi connectivity index (χ2v) is 4.73. The van der Waals surface area contributed by atoms with E-state index >= 15 is 0 Å². The van der Waals surface area contributed by atoms with E-state index < -0.39 is 0 Å². The molecule has 2 rings (SSSR count). The topological polar surface area (TPSA) is 84.7 Å². The van der Waals surface area contributed by atoms with Crippen molar-refractivity contribution in [2.24, 2.45) is 0 Å². The molecule has 0 aliphatic carbocycles. The molecule has 114 valence electrons. The Hall–Kier alpha value is -1.70. The Morgan fingerprint density at radius 1 is 1.48 bits per heavy atom. The van der Waals surface area contributed by atoms with Crippen LogP contribution in [0.2, 0.25) is 5.02 Å². The fraction of sp³-hybridized carbons (Fsp3) is 0.333. The third kappa shape index (κ3) is 4.38. The highest BCUT2D eigenvalue weighted by Crippen LogP contribution is 2.19. The average Bonchev–Trinajstić information content (AvgIpc) is 2.98. The summed E-state index contributed by atoms with van der Waals surface area (Å²) in [4.78, 5) is 12.0. The SMILES string of the molecule is CNC(C)CNC(=O)c1ccc(-n2cnnn2)cc1Cl.Cl. The number of carbonyl (C=O) groups excluding carboxylic acids is 1. The minimum atomic E-state index is -0.208. The number of benzene rings is 1. The molecule has 0 fully saturated rings. The van der Waals surface area contributed by atoms with Gasteiger partial charge < -0.3 is 10.6 Å². The van der Waals surface area contributed by atoms with E-state index in [1.165, 1.54) is 11.0 Å². The van der Waals surface area contributed by atoms with Gasteiger partial charge in [0.1, 0.15) is 6.33 Å². The van der Waals surface area contributed by atoms with E-state index in [0.717, 1.165) is 0 Å². The number of hydrogen-bond acceptors (Lipinski definition) is 5. The summed E-state index contributed by atoms with van der Waals surface area (Å²) in [5.74, 6) is -0.208. The summed E-state index contributed by atoms with van der Waals surface area (Å²) in [5.41, 5.74) is 1.12. The van der Waals surface area contributed by atoms with E-state index in [-0.39, 0.29) is 24.4 Å². The molecule has 0 aliphatic heterocycles. The minimum absolute atomic E-state index is 0. The molecule has 1 amide bonds. The van der Waals surface area contributed by atoms with Crippen LogP contribution in [-0.4, -0.2) is 45.7 Å². The summed E-state index contributed by atoms with van der Waals surface area (Å²) in [6.45, 7) is 2.50. The van der Waals surface area contributed by atoms with Crippen molar-refractivity contribution in [3.63, 3.8) is 0 Å². The Bertz CT molecular complexity index is 589. The van der Waals surface area contributed by atoms with E-state index in [4.69, 9.17) is 11.6 Å². The van der Waals surface area contributed by atoms with E-state index in [1.54, 1.807) is 18.2 Å². The predicted octanol–water partition coefficient (Wildman–Crippen LogP) is 1.08. The molecule has 1 heterocycles. The molecule has 1 atom stereocenters. The van der Waals surface area contributed by atoms with Crippen molar-refractivity contribution < 1.29 is 4.79 Å². The maximum absolute atomic E-state index is 12.0. The first-order valence-electron chi connectivity index (χ1n) is 6.10. The highest BCUT2D eigenvalue weighted by molar-refractivity contribution is 6.34. The fourth-order valence-electron chi connectivity index (χ4n) is 1.55. The minimum Gasteiger partial charge on any atom is -0.350 e. The normalized spacial score (nSPS) is 11.6. The summed E-state index contributed by atoms with van der Waals surface area (Å²) in [6.07, 6.45) is 1.46. The van der Waals surface area contributed by atoms with E-state index in [2.05, 4.69) is 26.2 Å². The highest BCUT2D eigenvalue weighted by atomic mass is 35.5. The highest BCUT2D eigenvalue weighted by Gasteiger charge is 2.12. The van der Waals surface area contributed by atoms with Crippen LogP contribution in [0.25, 0.3) is 5.69 Å². The zero-order valence-corrected chi connectivity index (χ0v) is 13.1. The summed E-state index contributed by atoms with van der Waals surface area (Å²) in [6, 6.07) is 5.23. The fourth-order valence-corrected chi connectivity index (χ4v) is 1.81. The van der Waals surface area contributed by atoms with Crippen LogP contribution in [0.5, 0.6) is 0 Å². The molecule has 1 aromatic carbocycles. The van der Waals surface area contributed by atoms with Gasteiger partial charge in [-0.3, -0.25) is 4.79 Å². The molecule has 7 nitrogen and oxygen atoms in total. The van der Waals surface area contributed by atoms with Crippen LogP contribution in [0.4, 0.5) is 0 Å². The molecule has 2 aromatic rings. The third-order valence-electron chi connectivity index (χ3n) is 2.87. The molecule has 2 N–H and O–H groups in total. The molecule has 9 heteroatoms. The number of carbonyl (C=O) groups is 1. The number of likely N-dealkylation sites (N-methyl/N-ethyl adjacent to an activating group) is 1. The Kier molecular flexibility index (Phi) is 6.54. The lowest BCUT2D eigenvalue weighted by Gasteiger charge is -2.12. The smallest absolute Gasteiger partial charge is 0.252 e. The van der Waals surface area contributed by atoms with E-state index in [1.807, 2.05) is 14.0 Å². The first-order valence-corrected chi connectivity index (χ1v) is 6.48. The molecule has 1 aromatic heterocycles. The molecular weight excluding hydrogens is 315 g/mol. The second-order valence-electron chi connectivity index (χ2n) is 4.32. The predicted molar refractivity (Wildman–Crippen MR) is 82.3 cm³/mol.